The third kappa shape index (κ3) is 4.94. The largest absolute Gasteiger partial charge is 0.492 e. The summed E-state index contributed by atoms with van der Waals surface area (Å²) in [6.45, 7) is 1.08. The molecule has 132 valence electrons. The molecule has 1 aliphatic rings. The summed E-state index contributed by atoms with van der Waals surface area (Å²) in [5, 5.41) is 3.89. The molecule has 0 atom stereocenters. The van der Waals surface area contributed by atoms with Gasteiger partial charge in [-0.15, -0.1) is 0 Å². The van der Waals surface area contributed by atoms with E-state index in [1.807, 2.05) is 18.2 Å². The summed E-state index contributed by atoms with van der Waals surface area (Å²) in [7, 11) is 0. The molecule has 0 saturated carbocycles. The summed E-state index contributed by atoms with van der Waals surface area (Å²) < 4.78 is 16.1. The monoisotopic (exact) mass is 381 g/mol. The molecule has 1 heterocycles. The maximum atomic E-state index is 11.9. The van der Waals surface area contributed by atoms with Crippen molar-refractivity contribution in [2.45, 2.75) is 19.4 Å². The van der Waals surface area contributed by atoms with Crippen LogP contribution in [0.5, 0.6) is 17.2 Å². The van der Waals surface area contributed by atoms with Gasteiger partial charge in [0.15, 0.2) is 11.5 Å². The van der Waals surface area contributed by atoms with Crippen molar-refractivity contribution in [2.75, 3.05) is 13.4 Å². The fraction of sp³-hybridized carbons (Fsp3) is 0.278. The van der Waals surface area contributed by atoms with Gasteiger partial charge >= 0.3 is 0 Å². The lowest BCUT2D eigenvalue weighted by atomic mass is 10.2. The molecule has 5 nitrogen and oxygen atoms in total. The average molecular weight is 382 g/mol. The number of ether oxygens (including phenoxy) is 3. The van der Waals surface area contributed by atoms with Gasteiger partial charge in [-0.2, -0.15) is 0 Å². The zero-order chi connectivity index (χ0) is 17.6. The lowest BCUT2D eigenvalue weighted by molar-refractivity contribution is -0.121. The quantitative estimate of drug-likeness (QED) is 0.730. The first-order valence-electron chi connectivity index (χ1n) is 7.85. The number of benzene rings is 2. The summed E-state index contributed by atoms with van der Waals surface area (Å²) in [4.78, 5) is 11.9. The van der Waals surface area contributed by atoms with Crippen LogP contribution in [0.3, 0.4) is 0 Å². The van der Waals surface area contributed by atoms with Crippen LogP contribution in [0.15, 0.2) is 36.4 Å². The van der Waals surface area contributed by atoms with Gasteiger partial charge < -0.3 is 19.5 Å². The predicted octanol–water partition coefficient (Wildman–Crippen LogP) is 4.20. The molecule has 3 rings (SSSR count). The van der Waals surface area contributed by atoms with Crippen molar-refractivity contribution in [3.05, 3.63) is 52.0 Å². The summed E-state index contributed by atoms with van der Waals surface area (Å²) in [6.07, 6.45) is 0.960. The third-order valence-electron chi connectivity index (χ3n) is 3.63. The zero-order valence-electron chi connectivity index (χ0n) is 13.4. The zero-order valence-corrected chi connectivity index (χ0v) is 14.9. The Bertz CT molecular complexity index is 767. The second-order valence-electron chi connectivity index (χ2n) is 5.49. The van der Waals surface area contributed by atoms with Crippen molar-refractivity contribution in [3.8, 4) is 17.2 Å². The standard InChI is InChI=1S/C18H17Cl2NO4/c19-13-4-6-15(14(20)9-13)23-7-1-2-18(22)21-10-12-3-5-16-17(8-12)25-11-24-16/h3-6,8-9H,1-2,7,10-11H2,(H,21,22). The highest BCUT2D eigenvalue weighted by atomic mass is 35.5. The molecule has 0 radical (unpaired) electrons. The minimum absolute atomic E-state index is 0.0385. The minimum atomic E-state index is -0.0385. The number of rotatable bonds is 7. The van der Waals surface area contributed by atoms with Crippen molar-refractivity contribution >= 4 is 29.1 Å². The van der Waals surface area contributed by atoms with Gasteiger partial charge in [-0.3, -0.25) is 4.79 Å². The third-order valence-corrected chi connectivity index (χ3v) is 4.16. The number of amides is 1. The molecule has 0 unspecified atom stereocenters. The molecule has 0 spiro atoms. The number of halogens is 2. The smallest absolute Gasteiger partial charge is 0.231 e. The summed E-state index contributed by atoms with van der Waals surface area (Å²) in [5.74, 6) is 1.96. The normalized spacial score (nSPS) is 12.1. The number of hydrogen-bond donors (Lipinski definition) is 1. The van der Waals surface area contributed by atoms with Crippen LogP contribution in [0.1, 0.15) is 18.4 Å². The van der Waals surface area contributed by atoms with Gasteiger partial charge in [0.25, 0.3) is 0 Å². The van der Waals surface area contributed by atoms with E-state index in [0.717, 1.165) is 11.3 Å². The van der Waals surface area contributed by atoms with E-state index in [0.29, 0.717) is 47.5 Å². The molecule has 0 fully saturated rings. The van der Waals surface area contributed by atoms with Gasteiger partial charge in [-0.1, -0.05) is 29.3 Å². The molecule has 0 aromatic heterocycles. The van der Waals surface area contributed by atoms with Crippen LogP contribution >= 0.6 is 23.2 Å². The van der Waals surface area contributed by atoms with Crippen LogP contribution < -0.4 is 19.5 Å². The van der Waals surface area contributed by atoms with Crippen LogP contribution in [0, 0.1) is 0 Å². The van der Waals surface area contributed by atoms with E-state index < -0.39 is 0 Å². The number of hydrogen-bond acceptors (Lipinski definition) is 4. The van der Waals surface area contributed by atoms with E-state index in [9.17, 15) is 4.79 Å². The van der Waals surface area contributed by atoms with Gasteiger partial charge in [0, 0.05) is 18.0 Å². The van der Waals surface area contributed by atoms with E-state index in [4.69, 9.17) is 37.4 Å². The van der Waals surface area contributed by atoms with E-state index in [1.165, 1.54) is 0 Å². The molecular weight excluding hydrogens is 365 g/mol. The molecule has 7 heteroatoms. The maximum absolute atomic E-state index is 11.9. The number of carbonyl (C=O) groups excluding carboxylic acids is 1. The second kappa shape index (κ2) is 8.32. The van der Waals surface area contributed by atoms with Gasteiger partial charge in [0.1, 0.15) is 5.75 Å². The SMILES string of the molecule is O=C(CCCOc1ccc(Cl)cc1Cl)NCc1ccc2c(c1)OCO2. The minimum Gasteiger partial charge on any atom is -0.492 e. The van der Waals surface area contributed by atoms with Crippen LogP contribution in [0.4, 0.5) is 0 Å². The first-order valence-corrected chi connectivity index (χ1v) is 8.60. The van der Waals surface area contributed by atoms with Crippen LogP contribution in [-0.4, -0.2) is 19.3 Å². The Balaban J connectivity index is 1.37. The number of carbonyl (C=O) groups is 1. The first-order chi connectivity index (χ1) is 12.1. The van der Waals surface area contributed by atoms with Gasteiger partial charge in [-0.25, -0.2) is 0 Å². The highest BCUT2D eigenvalue weighted by molar-refractivity contribution is 6.35. The summed E-state index contributed by atoms with van der Waals surface area (Å²) in [6, 6.07) is 10.7. The van der Waals surface area contributed by atoms with E-state index in [1.54, 1.807) is 18.2 Å². The Labute approximate surface area is 155 Å². The summed E-state index contributed by atoms with van der Waals surface area (Å²) in [5.41, 5.74) is 0.960. The van der Waals surface area contributed by atoms with E-state index >= 15 is 0 Å². The topological polar surface area (TPSA) is 56.8 Å². The predicted molar refractivity (Wildman–Crippen MR) is 95.6 cm³/mol. The maximum Gasteiger partial charge on any atom is 0.231 e. The van der Waals surface area contributed by atoms with Crippen molar-refractivity contribution < 1.29 is 19.0 Å². The lowest BCUT2D eigenvalue weighted by Crippen LogP contribution is -2.22. The second-order valence-corrected chi connectivity index (χ2v) is 6.33. The van der Waals surface area contributed by atoms with Gasteiger partial charge in [0.05, 0.1) is 11.6 Å². The van der Waals surface area contributed by atoms with E-state index in [2.05, 4.69) is 5.32 Å². The van der Waals surface area contributed by atoms with Crippen LogP contribution in [-0.2, 0) is 11.3 Å². The van der Waals surface area contributed by atoms with Crippen molar-refractivity contribution in [3.63, 3.8) is 0 Å². The van der Waals surface area contributed by atoms with Crippen LogP contribution in [0.25, 0.3) is 0 Å². The fourth-order valence-corrected chi connectivity index (χ4v) is 2.81. The Morgan fingerprint density at radius 2 is 1.96 bits per heavy atom. The Kier molecular flexibility index (Phi) is 5.89. The van der Waals surface area contributed by atoms with Crippen molar-refractivity contribution in [2.24, 2.45) is 0 Å². The number of fused-ring (bicyclic) bond motifs is 1. The van der Waals surface area contributed by atoms with Crippen molar-refractivity contribution in [1.29, 1.82) is 0 Å². The molecule has 25 heavy (non-hydrogen) atoms. The molecule has 0 bridgehead atoms. The fourth-order valence-electron chi connectivity index (χ4n) is 2.35. The van der Waals surface area contributed by atoms with Gasteiger partial charge in [0.2, 0.25) is 12.7 Å². The molecular formula is C18H17Cl2NO4. The lowest BCUT2D eigenvalue weighted by Gasteiger charge is -2.09. The number of nitrogens with one attached hydrogen (secondary N) is 1. The average Bonchev–Trinajstić information content (AvgIpc) is 3.06. The Morgan fingerprint density at radius 1 is 1.12 bits per heavy atom. The highest BCUT2D eigenvalue weighted by Gasteiger charge is 2.13. The first kappa shape index (κ1) is 17.7. The molecule has 0 saturated heterocycles. The highest BCUT2D eigenvalue weighted by Crippen LogP contribution is 2.32. The summed E-state index contributed by atoms with van der Waals surface area (Å²) >= 11 is 11.8. The molecule has 2 aromatic rings. The Hall–Kier alpha value is -2.11. The molecule has 1 N–H and O–H groups in total. The molecule has 2 aromatic carbocycles. The Morgan fingerprint density at radius 3 is 2.80 bits per heavy atom. The van der Waals surface area contributed by atoms with Crippen LogP contribution in [0.2, 0.25) is 10.0 Å². The van der Waals surface area contributed by atoms with E-state index in [-0.39, 0.29) is 12.7 Å². The molecule has 0 aliphatic carbocycles. The van der Waals surface area contributed by atoms with Gasteiger partial charge in [-0.05, 0) is 42.3 Å². The molecule has 1 amide bonds. The molecule has 1 aliphatic heterocycles. The van der Waals surface area contributed by atoms with Crippen molar-refractivity contribution in [1.82, 2.24) is 5.32 Å².